The largest absolute Gasteiger partial charge is 0.356 e. The summed E-state index contributed by atoms with van der Waals surface area (Å²) in [5.41, 5.74) is 8.58. The first-order chi connectivity index (χ1) is 19.4. The van der Waals surface area contributed by atoms with Gasteiger partial charge in [-0.1, -0.05) is 31.0 Å². The molecule has 2 aliphatic heterocycles. The third kappa shape index (κ3) is 4.69. The number of fused-ring (bicyclic) bond motifs is 3. The van der Waals surface area contributed by atoms with Crippen molar-refractivity contribution in [2.45, 2.75) is 76.4 Å². The maximum absolute atomic E-state index is 15.8. The molecule has 2 bridgehead atoms. The van der Waals surface area contributed by atoms with Crippen LogP contribution in [0, 0.1) is 23.0 Å². The van der Waals surface area contributed by atoms with Crippen LogP contribution in [0.25, 0.3) is 32.5 Å². The number of amides is 1. The van der Waals surface area contributed by atoms with Crippen molar-refractivity contribution in [3.05, 3.63) is 64.2 Å². The molecule has 0 spiro atoms. The van der Waals surface area contributed by atoms with Crippen molar-refractivity contribution in [2.24, 2.45) is 5.73 Å². The number of rotatable bonds is 7. The maximum atomic E-state index is 15.8. The van der Waals surface area contributed by atoms with E-state index in [1.54, 1.807) is 18.2 Å². The molecule has 4 aromatic rings. The molecule has 2 saturated heterocycles. The van der Waals surface area contributed by atoms with Gasteiger partial charge in [0.25, 0.3) is 5.91 Å². The smallest absolute Gasteiger partial charge is 0.264 e. The molecule has 0 saturated carbocycles. The van der Waals surface area contributed by atoms with Crippen LogP contribution >= 0.6 is 11.3 Å². The molecule has 2 aliphatic rings. The van der Waals surface area contributed by atoms with Gasteiger partial charge in [-0.15, -0.1) is 11.3 Å². The molecular formula is C31H30F2N4O2S. The number of unbranched alkanes of at least 4 members (excludes halogenated alkanes) is 2. The van der Waals surface area contributed by atoms with Crippen molar-refractivity contribution in [1.29, 1.82) is 5.26 Å². The highest BCUT2D eigenvalue weighted by Gasteiger charge is 2.43. The third-order valence-corrected chi connectivity index (χ3v) is 9.40. The molecule has 1 amide bonds. The molecule has 2 aromatic carbocycles. The first-order valence-corrected chi connectivity index (χ1v) is 14.7. The van der Waals surface area contributed by atoms with E-state index >= 15 is 4.39 Å². The van der Waals surface area contributed by atoms with Gasteiger partial charge in [-0.2, -0.15) is 5.26 Å². The van der Waals surface area contributed by atoms with E-state index < -0.39 is 11.6 Å². The fraction of sp³-hybridized carbons (Fsp3) is 0.387. The Morgan fingerprint density at radius 1 is 1.12 bits per heavy atom. The first kappa shape index (κ1) is 26.6. The molecule has 6 rings (SSSR count). The van der Waals surface area contributed by atoms with Gasteiger partial charge in [0.05, 0.1) is 16.1 Å². The van der Waals surface area contributed by atoms with Crippen LogP contribution in [0.2, 0.25) is 0 Å². The Kier molecular flexibility index (Phi) is 7.15. The number of aryl methyl sites for hydroxylation is 1. The molecule has 3 atom stereocenters. The van der Waals surface area contributed by atoms with E-state index in [-0.39, 0.29) is 35.2 Å². The van der Waals surface area contributed by atoms with Crippen molar-refractivity contribution in [3.63, 3.8) is 0 Å². The van der Waals surface area contributed by atoms with Gasteiger partial charge in [0.15, 0.2) is 5.58 Å². The van der Waals surface area contributed by atoms with Crippen LogP contribution in [-0.2, 0) is 6.42 Å². The van der Waals surface area contributed by atoms with Crippen LogP contribution in [0.3, 0.4) is 0 Å². The average Bonchev–Trinajstić information content (AvgIpc) is 3.62. The van der Waals surface area contributed by atoms with Gasteiger partial charge in [0.1, 0.15) is 17.7 Å². The number of nitrogens with two attached hydrogens (primary N) is 1. The molecule has 2 fully saturated rings. The summed E-state index contributed by atoms with van der Waals surface area (Å²) in [7, 11) is 0. The Hall–Kier alpha value is -3.61. The lowest BCUT2D eigenvalue weighted by Crippen LogP contribution is -2.49. The number of thiophene rings is 1. The summed E-state index contributed by atoms with van der Waals surface area (Å²) in [4.78, 5) is 16.7. The molecule has 2 unspecified atom stereocenters. The number of halogens is 2. The van der Waals surface area contributed by atoms with Crippen LogP contribution in [0.1, 0.15) is 72.8 Å². The summed E-state index contributed by atoms with van der Waals surface area (Å²) in [6.07, 6.45) is 7.15. The summed E-state index contributed by atoms with van der Waals surface area (Å²) >= 11 is 1.19. The fourth-order valence-electron chi connectivity index (χ4n) is 6.27. The van der Waals surface area contributed by atoms with Gasteiger partial charge in [0, 0.05) is 39.5 Å². The van der Waals surface area contributed by atoms with Gasteiger partial charge in [-0.25, -0.2) is 8.78 Å². The molecular weight excluding hydrogens is 530 g/mol. The normalized spacial score (nSPS) is 20.3. The van der Waals surface area contributed by atoms with Gasteiger partial charge in [-0.3, -0.25) is 4.79 Å². The monoisotopic (exact) mass is 560 g/mol. The molecule has 0 radical (unpaired) electrons. The Bertz CT molecular complexity index is 1620. The number of nitrogens with zero attached hydrogens (tertiary/aromatic N) is 3. The number of aromatic nitrogens is 1. The van der Waals surface area contributed by atoms with Crippen molar-refractivity contribution in [1.82, 2.24) is 10.1 Å². The van der Waals surface area contributed by atoms with E-state index in [4.69, 9.17) is 10.3 Å². The fourth-order valence-corrected chi connectivity index (χ4v) is 7.41. The number of benzene rings is 2. The van der Waals surface area contributed by atoms with Gasteiger partial charge < -0.3 is 15.2 Å². The number of carbonyl (C=O) groups excluding carboxylic acids is 1. The minimum absolute atomic E-state index is 0.0806. The molecule has 6 nitrogen and oxygen atoms in total. The number of hydrogen-bond acceptors (Lipinski definition) is 6. The number of hydrogen-bond donors (Lipinski definition) is 1. The van der Waals surface area contributed by atoms with E-state index in [2.05, 4.69) is 12.1 Å². The van der Waals surface area contributed by atoms with Crippen LogP contribution in [-0.4, -0.2) is 34.1 Å². The lowest BCUT2D eigenvalue weighted by molar-refractivity contribution is 0.0580. The second kappa shape index (κ2) is 10.8. The molecule has 9 heteroatoms. The predicted octanol–water partition coefficient (Wildman–Crippen LogP) is 7.20. The zero-order valence-electron chi connectivity index (χ0n) is 22.3. The highest BCUT2D eigenvalue weighted by atomic mass is 32.1. The van der Waals surface area contributed by atoms with Crippen LogP contribution < -0.4 is 5.73 Å². The zero-order valence-corrected chi connectivity index (χ0v) is 23.1. The van der Waals surface area contributed by atoms with E-state index in [0.717, 1.165) is 50.6 Å². The Balaban J connectivity index is 1.44. The van der Waals surface area contributed by atoms with Crippen molar-refractivity contribution in [3.8, 4) is 27.6 Å². The SMILES string of the molecule is CCCCCc1noc2cc(-c3sc(C(=O)N4C5CC[C@H]4CC(N)C5)cc3-c3ccc(C#N)c(F)c3)c(F)cc12. The van der Waals surface area contributed by atoms with E-state index in [1.807, 2.05) is 11.0 Å². The van der Waals surface area contributed by atoms with Gasteiger partial charge >= 0.3 is 0 Å². The lowest BCUT2D eigenvalue weighted by Gasteiger charge is -2.37. The molecule has 0 aliphatic carbocycles. The van der Waals surface area contributed by atoms with E-state index in [1.165, 1.54) is 29.5 Å². The average molecular weight is 561 g/mol. The van der Waals surface area contributed by atoms with Crippen LogP contribution in [0.4, 0.5) is 8.78 Å². The van der Waals surface area contributed by atoms with E-state index in [9.17, 15) is 14.4 Å². The van der Waals surface area contributed by atoms with Crippen molar-refractivity contribution in [2.75, 3.05) is 0 Å². The quantitative estimate of drug-likeness (QED) is 0.241. The molecule has 2 aromatic heterocycles. The standard InChI is InChI=1S/C31H30F2N4O2S/c1-2-3-4-5-27-24-13-26(33)23(14-28(24)39-36-27)30-22(17-6-7-18(16-34)25(32)10-17)15-29(40-30)31(38)37-20-8-9-21(37)12-19(35)11-20/h6-7,10,13-15,19-21H,2-5,8-9,11-12,35H2,1H3/t19?,20-,21?/m0/s1. The van der Waals surface area contributed by atoms with Gasteiger partial charge in [0.2, 0.25) is 0 Å². The Morgan fingerprint density at radius 3 is 2.60 bits per heavy atom. The minimum Gasteiger partial charge on any atom is -0.356 e. The lowest BCUT2D eigenvalue weighted by atomic mass is 9.97. The second-order valence-corrected chi connectivity index (χ2v) is 12.0. The zero-order chi connectivity index (χ0) is 28.0. The topological polar surface area (TPSA) is 96.2 Å². The summed E-state index contributed by atoms with van der Waals surface area (Å²) in [5, 5.41) is 14.0. The molecule has 4 heterocycles. The molecule has 2 N–H and O–H groups in total. The number of piperidine rings is 1. The summed E-state index contributed by atoms with van der Waals surface area (Å²) in [5.74, 6) is -1.24. The maximum Gasteiger partial charge on any atom is 0.264 e. The minimum atomic E-state index is -0.670. The van der Waals surface area contributed by atoms with E-state index in [0.29, 0.717) is 38.3 Å². The summed E-state index contributed by atoms with van der Waals surface area (Å²) in [6, 6.07) is 11.2. The van der Waals surface area contributed by atoms with Crippen LogP contribution in [0.15, 0.2) is 40.9 Å². The highest BCUT2D eigenvalue weighted by Crippen LogP contribution is 2.44. The Morgan fingerprint density at radius 2 is 1.90 bits per heavy atom. The Labute approximate surface area is 235 Å². The van der Waals surface area contributed by atoms with Crippen LogP contribution in [0.5, 0.6) is 0 Å². The number of nitriles is 1. The predicted molar refractivity (Wildman–Crippen MR) is 151 cm³/mol. The van der Waals surface area contributed by atoms with Gasteiger partial charge in [-0.05, 0) is 74.4 Å². The highest BCUT2D eigenvalue weighted by molar-refractivity contribution is 7.18. The summed E-state index contributed by atoms with van der Waals surface area (Å²) < 4.78 is 36.1. The van der Waals surface area contributed by atoms with Crippen molar-refractivity contribution < 1.29 is 18.1 Å². The second-order valence-electron chi connectivity index (χ2n) is 10.9. The molecule has 206 valence electrons. The third-order valence-electron chi connectivity index (χ3n) is 8.24. The first-order valence-electron chi connectivity index (χ1n) is 13.9. The number of carbonyl (C=O) groups is 1. The summed E-state index contributed by atoms with van der Waals surface area (Å²) in [6.45, 7) is 2.12. The van der Waals surface area contributed by atoms with Crippen molar-refractivity contribution >= 4 is 28.2 Å². The molecule has 40 heavy (non-hydrogen) atoms.